The predicted molar refractivity (Wildman–Crippen MR) is 104 cm³/mol. The van der Waals surface area contributed by atoms with Gasteiger partial charge in [0.25, 0.3) is 0 Å². The van der Waals surface area contributed by atoms with Gasteiger partial charge in [0.05, 0.1) is 20.3 Å². The van der Waals surface area contributed by atoms with Crippen LogP contribution in [0.1, 0.15) is 48.4 Å². The Morgan fingerprint density at radius 1 is 1.25 bits per heavy atom. The fourth-order valence-electron chi connectivity index (χ4n) is 4.62. The van der Waals surface area contributed by atoms with Gasteiger partial charge in [-0.15, -0.1) is 0 Å². The first-order chi connectivity index (χ1) is 15.0. The number of fused-ring (bicyclic) bond motifs is 1. The molecule has 4 rings (SSSR count). The summed E-state index contributed by atoms with van der Waals surface area (Å²) >= 11 is 0. The summed E-state index contributed by atoms with van der Waals surface area (Å²) in [5, 5.41) is 0. The lowest BCUT2D eigenvalue weighted by Crippen LogP contribution is -2.46. The van der Waals surface area contributed by atoms with Crippen LogP contribution in [-0.2, 0) is 22.5 Å². The number of aromatic amines is 1. The van der Waals surface area contributed by atoms with Gasteiger partial charge in [0.1, 0.15) is 6.10 Å². The van der Waals surface area contributed by atoms with Crippen LogP contribution >= 0.6 is 0 Å². The van der Waals surface area contributed by atoms with Crippen LogP contribution in [0.15, 0.2) is 23.0 Å². The maximum absolute atomic E-state index is 14.5. The normalized spacial score (nSPS) is 27.9. The third kappa shape index (κ3) is 3.40. The SMILES string of the molecule is COc1c([C@H]2[C@H](c3cc(=O)c4c([nH]3)CCOC4)O[C@@](C)(C(F)(F)F)[C@H]2C)ccc(F)c1F. The minimum atomic E-state index is -4.76. The zero-order valence-corrected chi connectivity index (χ0v) is 17.6. The van der Waals surface area contributed by atoms with E-state index in [1.54, 1.807) is 0 Å². The van der Waals surface area contributed by atoms with Gasteiger partial charge in [-0.25, -0.2) is 4.39 Å². The minimum absolute atomic E-state index is 0.0266. The second-order valence-corrected chi connectivity index (χ2v) is 8.29. The molecule has 10 heteroatoms. The van der Waals surface area contributed by atoms with Crippen molar-refractivity contribution in [3.05, 3.63) is 62.6 Å². The highest BCUT2D eigenvalue weighted by Gasteiger charge is 2.65. The zero-order chi connectivity index (χ0) is 23.4. The second kappa shape index (κ2) is 7.84. The van der Waals surface area contributed by atoms with E-state index < -0.39 is 47.1 Å². The number of halogens is 5. The quantitative estimate of drug-likeness (QED) is 0.685. The zero-order valence-electron chi connectivity index (χ0n) is 17.6. The number of alkyl halides is 3. The van der Waals surface area contributed by atoms with E-state index in [9.17, 15) is 26.7 Å². The molecule has 1 N–H and O–H groups in total. The number of rotatable bonds is 3. The van der Waals surface area contributed by atoms with Crippen molar-refractivity contribution < 1.29 is 36.2 Å². The molecule has 0 radical (unpaired) electrons. The molecule has 2 aliphatic rings. The van der Waals surface area contributed by atoms with Crippen molar-refractivity contribution in [1.29, 1.82) is 0 Å². The molecule has 1 aromatic heterocycles. The van der Waals surface area contributed by atoms with Gasteiger partial charge in [-0.2, -0.15) is 17.6 Å². The average Bonchev–Trinajstić information content (AvgIpc) is 3.02. The summed E-state index contributed by atoms with van der Waals surface area (Å²) in [7, 11) is 1.11. The second-order valence-electron chi connectivity index (χ2n) is 8.29. The molecule has 174 valence electrons. The molecule has 0 spiro atoms. The largest absolute Gasteiger partial charge is 0.493 e. The van der Waals surface area contributed by atoms with Crippen molar-refractivity contribution in [2.75, 3.05) is 13.7 Å². The highest BCUT2D eigenvalue weighted by molar-refractivity contribution is 5.42. The number of hydrogen-bond acceptors (Lipinski definition) is 4. The van der Waals surface area contributed by atoms with E-state index in [2.05, 4.69) is 4.98 Å². The third-order valence-corrected chi connectivity index (χ3v) is 6.60. The molecule has 3 heterocycles. The van der Waals surface area contributed by atoms with Gasteiger partial charge in [0.15, 0.2) is 22.6 Å². The minimum Gasteiger partial charge on any atom is -0.493 e. The van der Waals surface area contributed by atoms with Crippen LogP contribution in [0.3, 0.4) is 0 Å². The Labute approximate surface area is 180 Å². The smallest absolute Gasteiger partial charge is 0.417 e. The van der Waals surface area contributed by atoms with Crippen LogP contribution in [0.4, 0.5) is 22.0 Å². The number of methoxy groups -OCH3 is 1. The van der Waals surface area contributed by atoms with Gasteiger partial charge in [0.2, 0.25) is 5.82 Å². The summed E-state index contributed by atoms with van der Waals surface area (Å²) in [6, 6.07) is 3.22. The van der Waals surface area contributed by atoms with Gasteiger partial charge >= 0.3 is 6.18 Å². The van der Waals surface area contributed by atoms with E-state index in [1.807, 2.05) is 0 Å². The number of pyridine rings is 1. The van der Waals surface area contributed by atoms with E-state index in [0.717, 1.165) is 20.1 Å². The van der Waals surface area contributed by atoms with Gasteiger partial charge in [-0.3, -0.25) is 4.79 Å². The Morgan fingerprint density at radius 3 is 2.62 bits per heavy atom. The summed E-state index contributed by atoms with van der Waals surface area (Å²) < 4.78 is 86.4. The lowest BCUT2D eigenvalue weighted by molar-refractivity contribution is -0.275. The van der Waals surface area contributed by atoms with Gasteiger partial charge in [-0.05, 0) is 13.0 Å². The fourth-order valence-corrected chi connectivity index (χ4v) is 4.62. The monoisotopic (exact) mass is 459 g/mol. The van der Waals surface area contributed by atoms with Crippen molar-refractivity contribution in [2.24, 2.45) is 5.92 Å². The number of ether oxygens (including phenoxy) is 3. The number of H-pyrrole nitrogens is 1. The topological polar surface area (TPSA) is 60.6 Å². The molecule has 5 nitrogen and oxygen atoms in total. The Bertz CT molecular complexity index is 1100. The molecule has 0 unspecified atom stereocenters. The Kier molecular flexibility index (Phi) is 5.57. The molecular weight excluding hydrogens is 437 g/mol. The van der Waals surface area contributed by atoms with Crippen molar-refractivity contribution in [1.82, 2.24) is 4.98 Å². The van der Waals surface area contributed by atoms with E-state index in [4.69, 9.17) is 14.2 Å². The molecule has 32 heavy (non-hydrogen) atoms. The molecule has 0 saturated carbocycles. The number of aromatic nitrogens is 1. The van der Waals surface area contributed by atoms with Crippen molar-refractivity contribution in [3.8, 4) is 5.75 Å². The van der Waals surface area contributed by atoms with Crippen LogP contribution < -0.4 is 10.2 Å². The van der Waals surface area contributed by atoms with E-state index in [0.29, 0.717) is 24.3 Å². The summed E-state index contributed by atoms with van der Waals surface area (Å²) in [6.07, 6.45) is -5.65. The van der Waals surface area contributed by atoms with Crippen molar-refractivity contribution >= 4 is 0 Å². The standard InChI is InChI=1S/C22H22F5NO4/c1-10-17(11-4-5-13(23)18(24)19(11)30-3)20(32-21(10,2)22(25,26)27)15-8-16(29)12-9-31-7-6-14(12)28-15/h4-5,8,10,17,20H,6-7,9H2,1-3H3,(H,28,29)/t10-,17-,20-,21+/m0/s1. The fraction of sp³-hybridized carbons (Fsp3) is 0.500. The summed E-state index contributed by atoms with van der Waals surface area (Å²) in [6.45, 7) is 2.72. The Hall–Kier alpha value is -2.46. The maximum atomic E-state index is 14.5. The highest BCUT2D eigenvalue weighted by Crippen LogP contribution is 2.59. The van der Waals surface area contributed by atoms with Crippen molar-refractivity contribution in [3.63, 3.8) is 0 Å². The molecule has 2 aromatic rings. The summed E-state index contributed by atoms with van der Waals surface area (Å²) in [4.78, 5) is 15.7. The van der Waals surface area contributed by atoms with Crippen LogP contribution in [0.5, 0.6) is 5.75 Å². The van der Waals surface area contributed by atoms with E-state index >= 15 is 0 Å². The van der Waals surface area contributed by atoms with Crippen LogP contribution in [0, 0.1) is 17.6 Å². The Balaban J connectivity index is 1.91. The van der Waals surface area contributed by atoms with Crippen LogP contribution in [0.2, 0.25) is 0 Å². The highest BCUT2D eigenvalue weighted by atomic mass is 19.4. The number of benzene rings is 1. The molecule has 1 aromatic carbocycles. The number of hydrogen-bond donors (Lipinski definition) is 1. The summed E-state index contributed by atoms with van der Waals surface area (Å²) in [5.74, 6) is -5.27. The first-order valence-electron chi connectivity index (χ1n) is 10.1. The first kappa shape index (κ1) is 22.7. The summed E-state index contributed by atoms with van der Waals surface area (Å²) in [5.41, 5.74) is -1.86. The first-order valence-corrected chi connectivity index (χ1v) is 10.1. The third-order valence-electron chi connectivity index (χ3n) is 6.60. The molecule has 1 saturated heterocycles. The molecule has 2 aliphatic heterocycles. The van der Waals surface area contributed by atoms with Crippen molar-refractivity contribution in [2.45, 2.75) is 50.7 Å². The molecular formula is C22H22F5NO4. The predicted octanol–water partition coefficient (Wildman–Crippen LogP) is 4.55. The molecule has 1 fully saturated rings. The van der Waals surface area contributed by atoms with Gasteiger partial charge in [0, 0.05) is 46.8 Å². The van der Waals surface area contributed by atoms with Gasteiger partial charge < -0.3 is 19.2 Å². The Morgan fingerprint density at radius 2 is 1.97 bits per heavy atom. The molecule has 0 aliphatic carbocycles. The van der Waals surface area contributed by atoms with Gasteiger partial charge in [-0.1, -0.05) is 13.0 Å². The average molecular weight is 459 g/mol. The molecule has 0 bridgehead atoms. The molecule has 4 atom stereocenters. The van der Waals surface area contributed by atoms with E-state index in [-0.39, 0.29) is 23.3 Å². The lowest BCUT2D eigenvalue weighted by Gasteiger charge is -2.32. The van der Waals surface area contributed by atoms with Crippen LogP contribution in [-0.4, -0.2) is 30.5 Å². The number of nitrogens with one attached hydrogen (secondary N) is 1. The lowest BCUT2D eigenvalue weighted by atomic mass is 9.76. The maximum Gasteiger partial charge on any atom is 0.417 e. The van der Waals surface area contributed by atoms with E-state index in [1.165, 1.54) is 19.1 Å². The molecule has 0 amide bonds. The van der Waals surface area contributed by atoms with Crippen LogP contribution in [0.25, 0.3) is 0 Å².